The molecule has 0 aromatic rings. The Labute approximate surface area is 190 Å². The first kappa shape index (κ1) is 23.5. The molecule has 3 nitrogen and oxygen atoms in total. The number of aliphatic hydroxyl groups excluding tert-OH is 3. The molecule has 0 spiro atoms. The smallest absolute Gasteiger partial charge is 0.0577 e. The van der Waals surface area contributed by atoms with Gasteiger partial charge in [-0.05, 0) is 117 Å². The second-order valence-electron chi connectivity index (χ2n) is 12.2. The van der Waals surface area contributed by atoms with E-state index in [-0.39, 0.29) is 30.1 Å². The van der Waals surface area contributed by atoms with Gasteiger partial charge in [0.1, 0.15) is 0 Å². The average Bonchev–Trinajstić information content (AvgIpc) is 3.08. The number of hydrogen-bond acceptors (Lipinski definition) is 3. The average molecular weight is 431 g/mol. The van der Waals surface area contributed by atoms with Gasteiger partial charge in [0, 0.05) is 6.61 Å². The highest BCUT2D eigenvalue weighted by molar-refractivity contribution is 5.22. The van der Waals surface area contributed by atoms with Gasteiger partial charge in [-0.15, -0.1) is 0 Å². The summed E-state index contributed by atoms with van der Waals surface area (Å²) in [6, 6.07) is 0. The first-order valence-corrected chi connectivity index (χ1v) is 12.9. The van der Waals surface area contributed by atoms with E-state index in [2.05, 4.69) is 33.9 Å². The molecule has 4 saturated carbocycles. The van der Waals surface area contributed by atoms with Crippen LogP contribution in [0, 0.1) is 46.3 Å². The molecule has 0 aromatic carbocycles. The van der Waals surface area contributed by atoms with Crippen molar-refractivity contribution in [2.45, 2.75) is 97.2 Å². The van der Waals surface area contributed by atoms with Crippen molar-refractivity contribution < 1.29 is 15.3 Å². The van der Waals surface area contributed by atoms with Gasteiger partial charge < -0.3 is 15.3 Å². The van der Waals surface area contributed by atoms with Crippen LogP contribution in [0.1, 0.15) is 85.0 Å². The molecule has 3 heteroatoms. The van der Waals surface area contributed by atoms with Crippen molar-refractivity contribution in [3.63, 3.8) is 0 Å². The van der Waals surface area contributed by atoms with Crippen LogP contribution in [0.4, 0.5) is 0 Å². The Kier molecular flexibility index (Phi) is 6.53. The molecule has 0 aliphatic heterocycles. The molecule has 176 valence electrons. The van der Waals surface area contributed by atoms with E-state index in [9.17, 15) is 15.3 Å². The molecule has 3 N–H and O–H groups in total. The normalized spacial score (nSPS) is 47.7. The predicted molar refractivity (Wildman–Crippen MR) is 126 cm³/mol. The first-order chi connectivity index (χ1) is 14.6. The number of allylic oxidation sites excluding steroid dienone is 2. The van der Waals surface area contributed by atoms with Crippen LogP contribution in [0.3, 0.4) is 0 Å². The summed E-state index contributed by atoms with van der Waals surface area (Å²) in [5, 5.41) is 32.3. The fourth-order valence-electron chi connectivity index (χ4n) is 9.11. The Balaban J connectivity index is 1.54. The van der Waals surface area contributed by atoms with E-state index >= 15 is 0 Å². The third-order valence-corrected chi connectivity index (χ3v) is 10.9. The minimum atomic E-state index is -0.276. The van der Waals surface area contributed by atoms with Crippen LogP contribution < -0.4 is 0 Å². The van der Waals surface area contributed by atoms with Crippen molar-refractivity contribution in [2.24, 2.45) is 46.3 Å². The summed E-state index contributed by atoms with van der Waals surface area (Å²) in [5.41, 5.74) is 2.51. The molecule has 4 aliphatic carbocycles. The van der Waals surface area contributed by atoms with E-state index in [0.717, 1.165) is 44.1 Å². The fraction of sp³-hybridized carbons (Fsp3) is 0.857. The quantitative estimate of drug-likeness (QED) is 0.488. The lowest BCUT2D eigenvalue weighted by molar-refractivity contribution is -0.193. The largest absolute Gasteiger partial charge is 0.396 e. The molecule has 10 atom stereocenters. The maximum Gasteiger partial charge on any atom is 0.0577 e. The second-order valence-corrected chi connectivity index (χ2v) is 12.2. The molecule has 0 bridgehead atoms. The summed E-state index contributed by atoms with van der Waals surface area (Å²) in [6.07, 6.45) is 9.79. The highest BCUT2D eigenvalue weighted by Gasteiger charge is 2.63. The Bertz CT molecular complexity index is 700. The van der Waals surface area contributed by atoms with Crippen LogP contribution in [0.2, 0.25) is 0 Å². The van der Waals surface area contributed by atoms with Crippen LogP contribution in [-0.4, -0.2) is 34.1 Å². The zero-order valence-electron chi connectivity index (χ0n) is 20.2. The predicted octanol–water partition coefficient (Wildman–Crippen LogP) is 5.50. The molecular weight excluding hydrogens is 384 g/mol. The molecule has 0 saturated heterocycles. The number of hydrogen-bond donors (Lipinski definition) is 3. The van der Waals surface area contributed by atoms with Crippen LogP contribution in [0.25, 0.3) is 0 Å². The van der Waals surface area contributed by atoms with Crippen molar-refractivity contribution in [3.05, 3.63) is 24.3 Å². The standard InChI is InChI=1S/C28H46O3/c1-17(2)18(3)6-7-19(4)22-8-9-23-26-24(11-12-27(22,23)5)28(16-29)13-10-21(30)14-20(28)15-25(26)31/h19-26,29-31H,1,3,6-16H2,2,4-5H3/t19-,20-,21+,22-,23+,24+,25+,26+,27-,28-/m1/s1. The van der Waals surface area contributed by atoms with Crippen LogP contribution in [0.5, 0.6) is 0 Å². The van der Waals surface area contributed by atoms with Crippen molar-refractivity contribution in [1.82, 2.24) is 0 Å². The van der Waals surface area contributed by atoms with E-state index in [1.54, 1.807) is 0 Å². The zero-order valence-corrected chi connectivity index (χ0v) is 20.2. The third kappa shape index (κ3) is 3.77. The monoisotopic (exact) mass is 430 g/mol. The summed E-state index contributed by atoms with van der Waals surface area (Å²) in [6.45, 7) is 15.5. The maximum atomic E-state index is 11.4. The highest BCUT2D eigenvalue weighted by Crippen LogP contribution is 2.68. The SMILES string of the molecule is C=C(C)C(=C)CC[C@@H](C)[C@H]1CC[C@H]2[C@@H]3[C@@H](O)C[C@H]4C[C@@H](O)CC[C@]4(CO)[C@H]3CC[C@]12C. The lowest BCUT2D eigenvalue weighted by atomic mass is 9.43. The molecule has 4 aliphatic rings. The van der Waals surface area contributed by atoms with Crippen molar-refractivity contribution in [1.29, 1.82) is 0 Å². The third-order valence-electron chi connectivity index (χ3n) is 10.9. The number of rotatable bonds is 6. The van der Waals surface area contributed by atoms with Gasteiger partial charge in [0.25, 0.3) is 0 Å². The van der Waals surface area contributed by atoms with Gasteiger partial charge in [-0.2, -0.15) is 0 Å². The van der Waals surface area contributed by atoms with Gasteiger partial charge in [-0.1, -0.05) is 38.2 Å². The number of fused-ring (bicyclic) bond motifs is 5. The minimum absolute atomic E-state index is 0.0760. The van der Waals surface area contributed by atoms with Gasteiger partial charge >= 0.3 is 0 Å². The van der Waals surface area contributed by atoms with Crippen LogP contribution >= 0.6 is 0 Å². The molecule has 0 radical (unpaired) electrons. The van der Waals surface area contributed by atoms with Gasteiger partial charge in [0.15, 0.2) is 0 Å². The lowest BCUT2D eigenvalue weighted by Crippen LogP contribution is -2.60. The van der Waals surface area contributed by atoms with E-state index < -0.39 is 0 Å². The van der Waals surface area contributed by atoms with Crippen molar-refractivity contribution >= 4 is 0 Å². The van der Waals surface area contributed by atoms with Crippen LogP contribution in [-0.2, 0) is 0 Å². The second kappa shape index (κ2) is 8.61. The van der Waals surface area contributed by atoms with Crippen LogP contribution in [0.15, 0.2) is 24.3 Å². The molecule has 4 fully saturated rings. The molecule has 0 aromatic heterocycles. The highest BCUT2D eigenvalue weighted by atomic mass is 16.3. The molecule has 0 heterocycles. The van der Waals surface area contributed by atoms with Crippen molar-refractivity contribution in [3.8, 4) is 0 Å². The summed E-state index contributed by atoms with van der Waals surface area (Å²) in [4.78, 5) is 0. The Morgan fingerprint density at radius 3 is 2.45 bits per heavy atom. The van der Waals surface area contributed by atoms with Gasteiger partial charge in [0.2, 0.25) is 0 Å². The van der Waals surface area contributed by atoms with Crippen molar-refractivity contribution in [2.75, 3.05) is 6.61 Å². The first-order valence-electron chi connectivity index (χ1n) is 12.9. The summed E-state index contributed by atoms with van der Waals surface area (Å²) >= 11 is 0. The summed E-state index contributed by atoms with van der Waals surface area (Å²) in [7, 11) is 0. The molecule has 31 heavy (non-hydrogen) atoms. The van der Waals surface area contributed by atoms with Gasteiger partial charge in [-0.25, -0.2) is 0 Å². The molecule has 0 unspecified atom stereocenters. The molecule has 0 amide bonds. The number of aliphatic hydroxyl groups is 3. The van der Waals surface area contributed by atoms with E-state index in [1.165, 1.54) is 31.3 Å². The molecular formula is C28H46O3. The summed E-state index contributed by atoms with van der Waals surface area (Å²) in [5.74, 6) is 2.93. The lowest BCUT2D eigenvalue weighted by Gasteiger charge is -2.63. The Morgan fingerprint density at radius 2 is 1.77 bits per heavy atom. The topological polar surface area (TPSA) is 60.7 Å². The fourth-order valence-corrected chi connectivity index (χ4v) is 9.11. The van der Waals surface area contributed by atoms with Gasteiger partial charge in [-0.3, -0.25) is 0 Å². The molecule has 4 rings (SSSR count). The minimum Gasteiger partial charge on any atom is -0.396 e. The van der Waals surface area contributed by atoms with E-state index in [1.807, 2.05) is 0 Å². The summed E-state index contributed by atoms with van der Waals surface area (Å²) < 4.78 is 0. The Hall–Kier alpha value is -0.640. The maximum absolute atomic E-state index is 11.4. The van der Waals surface area contributed by atoms with Gasteiger partial charge in [0.05, 0.1) is 12.2 Å². The van der Waals surface area contributed by atoms with E-state index in [4.69, 9.17) is 0 Å². The Morgan fingerprint density at radius 1 is 1.03 bits per heavy atom. The van der Waals surface area contributed by atoms with E-state index in [0.29, 0.717) is 35.0 Å². The zero-order chi connectivity index (χ0) is 22.6.